The molecule has 1 saturated heterocycles. The molecule has 0 aromatic carbocycles. The lowest BCUT2D eigenvalue weighted by molar-refractivity contribution is -0.131. The van der Waals surface area contributed by atoms with Gasteiger partial charge in [0.2, 0.25) is 5.91 Å². The van der Waals surface area contributed by atoms with Gasteiger partial charge in [-0.3, -0.25) is 9.48 Å². The molecule has 1 fully saturated rings. The minimum absolute atomic E-state index is 0.0852. The van der Waals surface area contributed by atoms with Crippen LogP contribution in [0.5, 0.6) is 0 Å². The Hall–Kier alpha value is -1.56. The van der Waals surface area contributed by atoms with Crippen LogP contribution in [-0.4, -0.2) is 59.2 Å². The number of anilines is 1. The predicted molar refractivity (Wildman–Crippen MR) is 74.5 cm³/mol. The molecule has 0 aliphatic carbocycles. The second kappa shape index (κ2) is 6.06. The number of aromatic nitrogens is 2. The number of carbonyl (C=O) groups excluding carboxylic acids is 1. The molecule has 1 aromatic rings. The Labute approximate surface area is 114 Å². The summed E-state index contributed by atoms with van der Waals surface area (Å²) in [6, 6.07) is 0. The minimum atomic E-state index is 0.0852. The first kappa shape index (κ1) is 13.9. The smallest absolute Gasteiger partial charge is 0.244 e. The molecule has 0 bridgehead atoms. The van der Waals surface area contributed by atoms with E-state index in [2.05, 4.69) is 17.0 Å². The van der Waals surface area contributed by atoms with Crippen LogP contribution in [0.1, 0.15) is 12.8 Å². The number of amides is 1. The molecule has 2 heterocycles. The zero-order valence-electron chi connectivity index (χ0n) is 11.7. The van der Waals surface area contributed by atoms with Crippen LogP contribution in [0.2, 0.25) is 0 Å². The number of hydrogen-bond donors (Lipinski definition) is 1. The van der Waals surface area contributed by atoms with Crippen molar-refractivity contribution in [3.63, 3.8) is 0 Å². The quantitative estimate of drug-likeness (QED) is 0.848. The number of carbonyl (C=O) groups is 1. The van der Waals surface area contributed by atoms with E-state index in [1.165, 1.54) is 12.8 Å². The molecule has 0 atom stereocenters. The standard InChI is InChI=1S/C13H23N5O/c1-16-5-3-11(4-6-16)8-17(2)13(19)10-18-9-12(14)7-15-18/h7,9,11H,3-6,8,10,14H2,1-2H3. The average molecular weight is 265 g/mol. The minimum Gasteiger partial charge on any atom is -0.396 e. The Morgan fingerprint density at radius 3 is 2.79 bits per heavy atom. The number of piperidine rings is 1. The molecule has 6 heteroatoms. The van der Waals surface area contributed by atoms with Gasteiger partial charge in [0, 0.05) is 19.8 Å². The van der Waals surface area contributed by atoms with Crippen LogP contribution in [0.15, 0.2) is 12.4 Å². The van der Waals surface area contributed by atoms with Gasteiger partial charge in [0.25, 0.3) is 0 Å². The fourth-order valence-electron chi connectivity index (χ4n) is 2.46. The zero-order valence-corrected chi connectivity index (χ0v) is 11.7. The van der Waals surface area contributed by atoms with E-state index in [1.807, 2.05) is 11.9 Å². The fourth-order valence-corrected chi connectivity index (χ4v) is 2.46. The Balaban J connectivity index is 1.79. The molecule has 1 amide bonds. The van der Waals surface area contributed by atoms with E-state index in [0.717, 1.165) is 19.6 Å². The molecular formula is C13H23N5O. The highest BCUT2D eigenvalue weighted by molar-refractivity contribution is 5.75. The molecule has 0 saturated carbocycles. The van der Waals surface area contributed by atoms with Crippen molar-refractivity contribution in [1.82, 2.24) is 19.6 Å². The Bertz CT molecular complexity index is 422. The summed E-state index contributed by atoms with van der Waals surface area (Å²) in [5.41, 5.74) is 6.17. The third-order valence-electron chi connectivity index (χ3n) is 3.75. The van der Waals surface area contributed by atoms with Crippen molar-refractivity contribution in [2.45, 2.75) is 19.4 Å². The number of hydrogen-bond acceptors (Lipinski definition) is 4. The van der Waals surface area contributed by atoms with Gasteiger partial charge < -0.3 is 15.5 Å². The van der Waals surface area contributed by atoms with Gasteiger partial charge in [-0.2, -0.15) is 5.10 Å². The molecule has 6 nitrogen and oxygen atoms in total. The number of likely N-dealkylation sites (tertiary alicyclic amines) is 1. The summed E-state index contributed by atoms with van der Waals surface area (Å²) in [7, 11) is 4.01. The molecular weight excluding hydrogens is 242 g/mol. The van der Waals surface area contributed by atoms with E-state index in [1.54, 1.807) is 17.1 Å². The molecule has 2 N–H and O–H groups in total. The van der Waals surface area contributed by atoms with E-state index in [0.29, 0.717) is 11.6 Å². The normalized spacial score (nSPS) is 17.6. The SMILES string of the molecule is CN1CCC(CN(C)C(=O)Cn2cc(N)cn2)CC1. The van der Waals surface area contributed by atoms with Gasteiger partial charge >= 0.3 is 0 Å². The molecule has 106 valence electrons. The number of likely N-dealkylation sites (N-methyl/N-ethyl adjacent to an activating group) is 1. The van der Waals surface area contributed by atoms with E-state index >= 15 is 0 Å². The third kappa shape index (κ3) is 3.96. The summed E-state index contributed by atoms with van der Waals surface area (Å²) in [4.78, 5) is 16.2. The maximum atomic E-state index is 12.1. The van der Waals surface area contributed by atoms with Gasteiger partial charge in [0.15, 0.2) is 0 Å². The first-order valence-electron chi connectivity index (χ1n) is 6.75. The topological polar surface area (TPSA) is 67.4 Å². The lowest BCUT2D eigenvalue weighted by atomic mass is 9.97. The maximum absolute atomic E-state index is 12.1. The van der Waals surface area contributed by atoms with E-state index in [-0.39, 0.29) is 12.5 Å². The lowest BCUT2D eigenvalue weighted by Gasteiger charge is -2.31. The van der Waals surface area contributed by atoms with Crippen LogP contribution in [0.3, 0.4) is 0 Å². The predicted octanol–water partition coefficient (Wildman–Crippen LogP) is 0.266. The molecule has 2 rings (SSSR count). The summed E-state index contributed by atoms with van der Waals surface area (Å²) in [5, 5.41) is 4.03. The van der Waals surface area contributed by atoms with Crippen molar-refractivity contribution in [2.24, 2.45) is 5.92 Å². The number of nitrogens with zero attached hydrogens (tertiary/aromatic N) is 4. The maximum Gasteiger partial charge on any atom is 0.244 e. The van der Waals surface area contributed by atoms with Crippen LogP contribution in [-0.2, 0) is 11.3 Å². The summed E-state index contributed by atoms with van der Waals surface area (Å²) in [5.74, 6) is 0.704. The Kier molecular flexibility index (Phi) is 4.42. The van der Waals surface area contributed by atoms with Gasteiger partial charge in [-0.05, 0) is 38.9 Å². The van der Waals surface area contributed by atoms with Gasteiger partial charge in [0.1, 0.15) is 6.54 Å². The van der Waals surface area contributed by atoms with Crippen LogP contribution in [0.25, 0.3) is 0 Å². The average Bonchev–Trinajstić information content (AvgIpc) is 2.77. The van der Waals surface area contributed by atoms with Crippen molar-refractivity contribution < 1.29 is 4.79 Å². The lowest BCUT2D eigenvalue weighted by Crippen LogP contribution is -2.39. The third-order valence-corrected chi connectivity index (χ3v) is 3.75. The van der Waals surface area contributed by atoms with Gasteiger partial charge in [-0.25, -0.2) is 0 Å². The summed E-state index contributed by atoms with van der Waals surface area (Å²) in [6.45, 7) is 3.36. The molecule has 0 spiro atoms. The number of rotatable bonds is 4. The summed E-state index contributed by atoms with van der Waals surface area (Å²) >= 11 is 0. The molecule has 0 radical (unpaired) electrons. The van der Waals surface area contributed by atoms with Crippen LogP contribution < -0.4 is 5.73 Å². The van der Waals surface area contributed by atoms with Gasteiger partial charge in [-0.1, -0.05) is 0 Å². The zero-order chi connectivity index (χ0) is 13.8. The monoisotopic (exact) mass is 265 g/mol. The second-order valence-electron chi connectivity index (χ2n) is 5.49. The largest absolute Gasteiger partial charge is 0.396 e. The summed E-state index contributed by atoms with van der Waals surface area (Å²) < 4.78 is 1.59. The first-order valence-corrected chi connectivity index (χ1v) is 6.75. The molecule has 1 aliphatic heterocycles. The number of nitrogen functional groups attached to an aromatic ring is 1. The van der Waals surface area contributed by atoms with Crippen LogP contribution in [0.4, 0.5) is 5.69 Å². The Morgan fingerprint density at radius 2 is 2.21 bits per heavy atom. The molecule has 1 aromatic heterocycles. The van der Waals surface area contributed by atoms with Crippen molar-refractivity contribution in [3.8, 4) is 0 Å². The molecule has 19 heavy (non-hydrogen) atoms. The van der Waals surface area contributed by atoms with Crippen molar-refractivity contribution in [1.29, 1.82) is 0 Å². The highest BCUT2D eigenvalue weighted by atomic mass is 16.2. The van der Waals surface area contributed by atoms with Gasteiger partial charge in [0.05, 0.1) is 11.9 Å². The van der Waals surface area contributed by atoms with Crippen molar-refractivity contribution >= 4 is 11.6 Å². The highest BCUT2D eigenvalue weighted by Gasteiger charge is 2.20. The number of nitrogens with two attached hydrogens (primary N) is 1. The fraction of sp³-hybridized carbons (Fsp3) is 0.692. The van der Waals surface area contributed by atoms with E-state index in [4.69, 9.17) is 5.73 Å². The van der Waals surface area contributed by atoms with E-state index < -0.39 is 0 Å². The Morgan fingerprint density at radius 1 is 1.53 bits per heavy atom. The highest BCUT2D eigenvalue weighted by Crippen LogP contribution is 2.16. The van der Waals surface area contributed by atoms with Crippen LogP contribution in [0, 0.1) is 5.92 Å². The van der Waals surface area contributed by atoms with Crippen molar-refractivity contribution in [3.05, 3.63) is 12.4 Å². The second-order valence-corrected chi connectivity index (χ2v) is 5.49. The summed E-state index contributed by atoms with van der Waals surface area (Å²) in [6.07, 6.45) is 5.58. The first-order chi connectivity index (χ1) is 9.04. The van der Waals surface area contributed by atoms with Crippen LogP contribution >= 0.6 is 0 Å². The molecule has 0 unspecified atom stereocenters. The molecule has 1 aliphatic rings. The van der Waals surface area contributed by atoms with Crippen molar-refractivity contribution in [2.75, 3.05) is 39.5 Å². The van der Waals surface area contributed by atoms with Gasteiger partial charge in [-0.15, -0.1) is 0 Å². The van der Waals surface area contributed by atoms with E-state index in [9.17, 15) is 4.79 Å².